The summed E-state index contributed by atoms with van der Waals surface area (Å²) in [5, 5.41) is 9.70. The fourth-order valence-electron chi connectivity index (χ4n) is 4.66. The van der Waals surface area contributed by atoms with E-state index in [2.05, 4.69) is 43.9 Å². The number of fused-ring (bicyclic) bond motifs is 1. The summed E-state index contributed by atoms with van der Waals surface area (Å²) in [4.78, 5) is 17.3. The molecule has 0 saturated carbocycles. The first-order chi connectivity index (χ1) is 16.2. The van der Waals surface area contributed by atoms with Crippen LogP contribution in [-0.2, 0) is 16.0 Å². The smallest absolute Gasteiger partial charge is 0.233 e. The monoisotopic (exact) mass is 463 g/mol. The molecule has 3 aromatic rings. The van der Waals surface area contributed by atoms with Gasteiger partial charge in [-0.15, -0.1) is 10.2 Å². The van der Waals surface area contributed by atoms with Crippen molar-refractivity contribution in [3.8, 4) is 5.69 Å². The van der Waals surface area contributed by atoms with Crippen molar-refractivity contribution in [1.82, 2.24) is 19.7 Å². The predicted molar refractivity (Wildman–Crippen MR) is 130 cm³/mol. The number of aryl methyl sites for hydroxylation is 1. The lowest BCUT2D eigenvalue weighted by Crippen LogP contribution is -2.38. The molecule has 5 rings (SSSR count). The van der Waals surface area contributed by atoms with Crippen LogP contribution in [-0.4, -0.2) is 64.7 Å². The number of carbonyl (C=O) groups excluding carboxylic acids is 1. The highest BCUT2D eigenvalue weighted by atomic mass is 32.2. The van der Waals surface area contributed by atoms with E-state index in [9.17, 15) is 4.79 Å². The van der Waals surface area contributed by atoms with Crippen LogP contribution in [0.25, 0.3) is 5.69 Å². The van der Waals surface area contributed by atoms with Gasteiger partial charge in [-0.2, -0.15) is 0 Å². The van der Waals surface area contributed by atoms with E-state index in [1.54, 1.807) is 0 Å². The van der Waals surface area contributed by atoms with Crippen molar-refractivity contribution in [2.75, 3.05) is 44.0 Å². The molecule has 1 amide bonds. The minimum Gasteiger partial charge on any atom is -0.378 e. The van der Waals surface area contributed by atoms with E-state index in [4.69, 9.17) is 4.74 Å². The third kappa shape index (κ3) is 4.63. The van der Waals surface area contributed by atoms with Gasteiger partial charge in [0.1, 0.15) is 0 Å². The van der Waals surface area contributed by atoms with Crippen molar-refractivity contribution in [2.45, 2.75) is 30.5 Å². The molecule has 1 aromatic heterocycles. The molecule has 8 heteroatoms. The quantitative estimate of drug-likeness (QED) is 0.519. The average Bonchev–Trinajstić information content (AvgIpc) is 3.31. The lowest BCUT2D eigenvalue weighted by molar-refractivity contribution is -0.129. The summed E-state index contributed by atoms with van der Waals surface area (Å²) in [5.41, 5.74) is 3.64. The van der Waals surface area contributed by atoms with Crippen LogP contribution in [0.1, 0.15) is 30.0 Å². The topological polar surface area (TPSA) is 63.5 Å². The summed E-state index contributed by atoms with van der Waals surface area (Å²) in [7, 11) is 1.93. The number of rotatable bonds is 6. The van der Waals surface area contributed by atoms with Crippen LogP contribution in [0.4, 0.5) is 5.95 Å². The SMILES string of the molecule is CN(C(=O)CSc1nnc(N2CCOCC2)n1-c1ccccc1)[C@H]1CCCc2ccccc21. The molecule has 0 spiro atoms. The van der Waals surface area contributed by atoms with Gasteiger partial charge in [-0.1, -0.05) is 54.2 Å². The number of hydrogen-bond acceptors (Lipinski definition) is 6. The Morgan fingerprint density at radius 2 is 1.85 bits per heavy atom. The molecule has 2 heterocycles. The molecular formula is C25H29N5O2S. The van der Waals surface area contributed by atoms with Crippen LogP contribution in [0.2, 0.25) is 0 Å². The first-order valence-corrected chi connectivity index (χ1v) is 12.5. The molecule has 1 aliphatic heterocycles. The molecule has 0 unspecified atom stereocenters. The van der Waals surface area contributed by atoms with E-state index >= 15 is 0 Å². The van der Waals surface area contributed by atoms with Crippen LogP contribution in [0, 0.1) is 0 Å². The molecule has 2 aromatic carbocycles. The zero-order valence-corrected chi connectivity index (χ0v) is 19.7. The Kier molecular flexibility index (Phi) is 6.64. The maximum Gasteiger partial charge on any atom is 0.233 e. The standard InChI is InChI=1S/C25H29N5O2S/c1-28(22-13-7-9-19-8-5-6-12-21(19)22)23(31)18-33-25-27-26-24(29-14-16-32-17-15-29)30(25)20-10-3-2-4-11-20/h2-6,8,10-12,22H,7,9,13-18H2,1H3/t22-/m0/s1. The molecule has 1 saturated heterocycles. The highest BCUT2D eigenvalue weighted by Crippen LogP contribution is 2.34. The van der Waals surface area contributed by atoms with Crippen LogP contribution in [0.3, 0.4) is 0 Å². The average molecular weight is 464 g/mol. The molecule has 0 N–H and O–H groups in total. The molecule has 7 nitrogen and oxygen atoms in total. The number of hydrogen-bond donors (Lipinski definition) is 0. The molecule has 2 aliphatic rings. The summed E-state index contributed by atoms with van der Waals surface area (Å²) < 4.78 is 7.56. The molecular weight excluding hydrogens is 434 g/mol. The van der Waals surface area contributed by atoms with Gasteiger partial charge >= 0.3 is 0 Å². The normalized spacial score (nSPS) is 18.1. The highest BCUT2D eigenvalue weighted by molar-refractivity contribution is 7.99. The molecule has 1 fully saturated rings. The number of amides is 1. The first kappa shape index (κ1) is 22.0. The van der Waals surface area contributed by atoms with Gasteiger partial charge in [0.25, 0.3) is 0 Å². The minimum absolute atomic E-state index is 0.109. The number of benzene rings is 2. The van der Waals surface area contributed by atoms with E-state index in [0.717, 1.165) is 49.1 Å². The van der Waals surface area contributed by atoms with E-state index < -0.39 is 0 Å². The first-order valence-electron chi connectivity index (χ1n) is 11.5. The van der Waals surface area contributed by atoms with Crippen LogP contribution in [0.15, 0.2) is 59.8 Å². The van der Waals surface area contributed by atoms with Crippen molar-refractivity contribution >= 4 is 23.6 Å². The van der Waals surface area contributed by atoms with Crippen molar-refractivity contribution in [2.24, 2.45) is 0 Å². The second-order valence-corrected chi connectivity index (χ2v) is 9.40. The van der Waals surface area contributed by atoms with Crippen molar-refractivity contribution in [1.29, 1.82) is 0 Å². The van der Waals surface area contributed by atoms with Crippen molar-refractivity contribution < 1.29 is 9.53 Å². The largest absolute Gasteiger partial charge is 0.378 e. The molecule has 1 atom stereocenters. The Labute approximate surface area is 198 Å². The fraction of sp³-hybridized carbons (Fsp3) is 0.400. The third-order valence-corrected chi connectivity index (χ3v) is 7.36. The number of thioether (sulfide) groups is 1. The predicted octanol–water partition coefficient (Wildman–Crippen LogP) is 3.73. The van der Waals surface area contributed by atoms with E-state index in [-0.39, 0.29) is 11.9 Å². The Morgan fingerprint density at radius 1 is 1.09 bits per heavy atom. The van der Waals surface area contributed by atoms with Gasteiger partial charge in [-0.3, -0.25) is 9.36 Å². The number of para-hydroxylation sites is 1. The summed E-state index contributed by atoms with van der Waals surface area (Å²) >= 11 is 1.45. The van der Waals surface area contributed by atoms with Gasteiger partial charge in [0.15, 0.2) is 5.16 Å². The lowest BCUT2D eigenvalue weighted by atomic mass is 9.87. The Hall–Kier alpha value is -2.84. The van der Waals surface area contributed by atoms with Gasteiger partial charge in [-0.25, -0.2) is 0 Å². The molecule has 1 aliphatic carbocycles. The van der Waals surface area contributed by atoms with E-state index in [1.165, 1.54) is 22.9 Å². The van der Waals surface area contributed by atoms with Crippen molar-refractivity contribution in [3.05, 3.63) is 65.7 Å². The number of nitrogens with zero attached hydrogens (tertiary/aromatic N) is 5. The maximum atomic E-state index is 13.2. The Morgan fingerprint density at radius 3 is 2.67 bits per heavy atom. The Bertz CT molecular complexity index is 1100. The van der Waals surface area contributed by atoms with Gasteiger partial charge in [-0.05, 0) is 42.5 Å². The third-order valence-electron chi connectivity index (χ3n) is 6.45. The van der Waals surface area contributed by atoms with Crippen molar-refractivity contribution in [3.63, 3.8) is 0 Å². The highest BCUT2D eigenvalue weighted by Gasteiger charge is 2.27. The van der Waals surface area contributed by atoms with Gasteiger partial charge < -0.3 is 14.5 Å². The number of ether oxygens (including phenoxy) is 1. The zero-order valence-electron chi connectivity index (χ0n) is 18.9. The number of carbonyl (C=O) groups is 1. The zero-order chi connectivity index (χ0) is 22.6. The summed E-state index contributed by atoms with van der Waals surface area (Å²) in [6.45, 7) is 2.91. The van der Waals surface area contributed by atoms with Gasteiger partial charge in [0.05, 0.1) is 30.7 Å². The summed E-state index contributed by atoms with van der Waals surface area (Å²) in [6.07, 6.45) is 3.21. The van der Waals surface area contributed by atoms with Gasteiger partial charge in [0, 0.05) is 20.1 Å². The minimum atomic E-state index is 0.109. The second kappa shape index (κ2) is 9.97. The van der Waals surface area contributed by atoms with E-state index in [0.29, 0.717) is 19.0 Å². The van der Waals surface area contributed by atoms with Crippen LogP contribution in [0.5, 0.6) is 0 Å². The maximum absolute atomic E-state index is 13.2. The fourth-order valence-corrected chi connectivity index (χ4v) is 5.53. The number of aromatic nitrogens is 3. The molecule has 172 valence electrons. The summed E-state index contributed by atoms with van der Waals surface area (Å²) in [6, 6.07) is 18.7. The van der Waals surface area contributed by atoms with E-state index in [1.807, 2.05) is 42.3 Å². The molecule has 0 radical (unpaired) electrons. The van der Waals surface area contributed by atoms with Gasteiger partial charge in [0.2, 0.25) is 11.9 Å². The van der Waals surface area contributed by atoms with Crippen LogP contribution < -0.4 is 4.90 Å². The van der Waals surface area contributed by atoms with Crippen LogP contribution >= 0.6 is 11.8 Å². The number of morpholine rings is 1. The number of anilines is 1. The molecule has 33 heavy (non-hydrogen) atoms. The Balaban J connectivity index is 1.34. The summed E-state index contributed by atoms with van der Waals surface area (Å²) in [5.74, 6) is 1.23. The lowest BCUT2D eigenvalue weighted by Gasteiger charge is -2.33. The molecule has 0 bridgehead atoms. The second-order valence-electron chi connectivity index (χ2n) is 8.45.